The van der Waals surface area contributed by atoms with Crippen LogP contribution in [-0.2, 0) is 4.74 Å². The predicted molar refractivity (Wildman–Crippen MR) is 61.5 cm³/mol. The van der Waals surface area contributed by atoms with E-state index in [1.54, 1.807) is 25.1 Å². The molecule has 6 nitrogen and oxygen atoms in total. The predicted octanol–water partition coefficient (Wildman–Crippen LogP) is 2.38. The summed E-state index contributed by atoms with van der Waals surface area (Å²) in [6.07, 6.45) is 0. The minimum Gasteiger partial charge on any atom is -0.480 e. The first-order valence-corrected chi connectivity index (χ1v) is 4.81. The Morgan fingerprint density at radius 1 is 1.56 bits per heavy atom. The zero-order valence-electron chi connectivity index (χ0n) is 9.14. The van der Waals surface area contributed by atoms with Crippen LogP contribution in [0.25, 0.3) is 0 Å². The van der Waals surface area contributed by atoms with Gasteiger partial charge in [-0.25, -0.2) is 0 Å². The average molecular weight is 223 g/mol. The van der Waals surface area contributed by atoms with Gasteiger partial charge in [-0.3, -0.25) is 15.5 Å². The van der Waals surface area contributed by atoms with Gasteiger partial charge in [-0.15, -0.1) is 5.10 Å². The Morgan fingerprint density at radius 2 is 2.25 bits per heavy atom. The first kappa shape index (κ1) is 12.0. The number of ether oxygens (including phenoxy) is 1. The molecule has 86 valence electrons. The summed E-state index contributed by atoms with van der Waals surface area (Å²) in [6, 6.07) is 6.29. The summed E-state index contributed by atoms with van der Waals surface area (Å²) in [5.41, 5.74) is 2.92. The lowest BCUT2D eigenvalue weighted by Gasteiger charge is -2.04. The molecule has 0 aliphatic rings. The van der Waals surface area contributed by atoms with E-state index >= 15 is 0 Å². The Labute approximate surface area is 93.1 Å². The third-order valence-corrected chi connectivity index (χ3v) is 1.79. The highest BCUT2D eigenvalue weighted by atomic mass is 16.6. The molecule has 0 aromatic heterocycles. The Hall–Kier alpha value is -2.11. The highest BCUT2D eigenvalue weighted by Gasteiger charge is 2.11. The molecule has 1 aromatic carbocycles. The van der Waals surface area contributed by atoms with Crippen molar-refractivity contribution >= 4 is 17.3 Å². The molecule has 6 heteroatoms. The summed E-state index contributed by atoms with van der Waals surface area (Å²) in [7, 11) is 0. The third kappa shape index (κ3) is 3.23. The van der Waals surface area contributed by atoms with Crippen LogP contribution in [0.5, 0.6) is 0 Å². The van der Waals surface area contributed by atoms with E-state index in [2.05, 4.69) is 10.5 Å². The van der Waals surface area contributed by atoms with Gasteiger partial charge in [0.2, 0.25) is 5.90 Å². The van der Waals surface area contributed by atoms with Gasteiger partial charge in [-0.1, -0.05) is 12.1 Å². The van der Waals surface area contributed by atoms with Gasteiger partial charge in [0.1, 0.15) is 5.69 Å². The van der Waals surface area contributed by atoms with Gasteiger partial charge in [-0.05, 0) is 13.0 Å². The van der Waals surface area contributed by atoms with Crippen molar-refractivity contribution in [3.05, 3.63) is 34.4 Å². The van der Waals surface area contributed by atoms with E-state index in [9.17, 15) is 10.1 Å². The Balaban J connectivity index is 2.81. The molecule has 0 spiro atoms. The molecule has 1 aromatic rings. The number of hydrogen-bond acceptors (Lipinski definition) is 5. The number of para-hydroxylation sites is 2. The lowest BCUT2D eigenvalue weighted by molar-refractivity contribution is -0.384. The van der Waals surface area contributed by atoms with E-state index in [0.29, 0.717) is 18.2 Å². The van der Waals surface area contributed by atoms with Crippen molar-refractivity contribution in [1.82, 2.24) is 0 Å². The smallest absolute Gasteiger partial charge is 0.294 e. The SMILES string of the molecule is CCO/C(C)=N/Nc1ccccc1[N+](=O)[O-]. The van der Waals surface area contributed by atoms with Crippen molar-refractivity contribution in [3.63, 3.8) is 0 Å². The lowest BCUT2D eigenvalue weighted by Crippen LogP contribution is -2.03. The minimum absolute atomic E-state index is 0.0180. The van der Waals surface area contributed by atoms with Crippen molar-refractivity contribution in [2.75, 3.05) is 12.0 Å². The quantitative estimate of drug-likeness (QED) is 0.368. The molecule has 0 amide bonds. The maximum atomic E-state index is 10.7. The van der Waals surface area contributed by atoms with Crippen molar-refractivity contribution in [1.29, 1.82) is 0 Å². The molecular formula is C10H13N3O3. The van der Waals surface area contributed by atoms with Gasteiger partial charge in [0, 0.05) is 13.0 Å². The topological polar surface area (TPSA) is 76.8 Å². The molecule has 0 saturated carbocycles. The molecule has 1 rings (SSSR count). The number of hydrazone groups is 1. The first-order chi connectivity index (χ1) is 7.65. The van der Waals surface area contributed by atoms with Gasteiger partial charge >= 0.3 is 0 Å². The molecule has 0 aliphatic carbocycles. The first-order valence-electron chi connectivity index (χ1n) is 4.81. The van der Waals surface area contributed by atoms with Crippen LogP contribution in [0.15, 0.2) is 29.4 Å². The average Bonchev–Trinajstić information content (AvgIpc) is 2.27. The normalized spacial score (nSPS) is 11.0. The maximum absolute atomic E-state index is 10.7. The number of nitrogens with zero attached hydrogens (tertiary/aromatic N) is 2. The van der Waals surface area contributed by atoms with Gasteiger partial charge in [-0.2, -0.15) is 0 Å². The van der Waals surface area contributed by atoms with Crippen molar-refractivity contribution < 1.29 is 9.66 Å². The number of anilines is 1. The summed E-state index contributed by atoms with van der Waals surface area (Å²) < 4.78 is 5.08. The van der Waals surface area contributed by atoms with E-state index in [-0.39, 0.29) is 5.69 Å². The lowest BCUT2D eigenvalue weighted by atomic mass is 10.3. The third-order valence-electron chi connectivity index (χ3n) is 1.79. The maximum Gasteiger partial charge on any atom is 0.294 e. The highest BCUT2D eigenvalue weighted by molar-refractivity contribution is 5.75. The second-order valence-electron chi connectivity index (χ2n) is 2.95. The van der Waals surface area contributed by atoms with Crippen LogP contribution in [0.1, 0.15) is 13.8 Å². The summed E-state index contributed by atoms with van der Waals surface area (Å²) in [6.45, 7) is 4.02. The molecule has 0 aliphatic heterocycles. The monoisotopic (exact) mass is 223 g/mol. The second-order valence-corrected chi connectivity index (χ2v) is 2.95. The van der Waals surface area contributed by atoms with Crippen LogP contribution in [0.2, 0.25) is 0 Å². The van der Waals surface area contributed by atoms with Crippen LogP contribution >= 0.6 is 0 Å². The number of nitrogens with one attached hydrogen (secondary N) is 1. The fraction of sp³-hybridized carbons (Fsp3) is 0.300. The molecule has 0 saturated heterocycles. The molecule has 0 bridgehead atoms. The Bertz CT molecular complexity index is 404. The van der Waals surface area contributed by atoms with Crippen LogP contribution in [0, 0.1) is 10.1 Å². The summed E-state index contributed by atoms with van der Waals surface area (Å²) in [5, 5.41) is 14.5. The highest BCUT2D eigenvalue weighted by Crippen LogP contribution is 2.22. The fourth-order valence-corrected chi connectivity index (χ4v) is 1.11. The molecular weight excluding hydrogens is 210 g/mol. The largest absolute Gasteiger partial charge is 0.480 e. The van der Waals surface area contributed by atoms with Crippen LogP contribution in [0.3, 0.4) is 0 Å². The van der Waals surface area contributed by atoms with E-state index in [4.69, 9.17) is 4.74 Å². The van der Waals surface area contributed by atoms with E-state index in [1.807, 2.05) is 6.92 Å². The molecule has 0 unspecified atom stereocenters. The zero-order valence-corrected chi connectivity index (χ0v) is 9.14. The van der Waals surface area contributed by atoms with Crippen LogP contribution in [0.4, 0.5) is 11.4 Å². The molecule has 0 heterocycles. The summed E-state index contributed by atoms with van der Waals surface area (Å²) in [4.78, 5) is 10.2. The number of benzene rings is 1. The fourth-order valence-electron chi connectivity index (χ4n) is 1.11. The van der Waals surface area contributed by atoms with E-state index in [1.165, 1.54) is 6.07 Å². The summed E-state index contributed by atoms with van der Waals surface area (Å²) in [5.74, 6) is 0.431. The molecule has 16 heavy (non-hydrogen) atoms. The minimum atomic E-state index is -0.464. The number of hydrogen-bond donors (Lipinski definition) is 1. The second kappa shape index (κ2) is 5.69. The number of rotatable bonds is 4. The molecule has 1 N–H and O–H groups in total. The van der Waals surface area contributed by atoms with E-state index < -0.39 is 4.92 Å². The molecule has 0 atom stereocenters. The van der Waals surface area contributed by atoms with Gasteiger partial charge in [0.15, 0.2) is 0 Å². The summed E-state index contributed by atoms with van der Waals surface area (Å²) >= 11 is 0. The number of nitro benzene ring substituents is 1. The van der Waals surface area contributed by atoms with Crippen molar-refractivity contribution in [2.24, 2.45) is 5.10 Å². The van der Waals surface area contributed by atoms with Crippen molar-refractivity contribution in [3.8, 4) is 0 Å². The number of nitro groups is 1. The van der Waals surface area contributed by atoms with Gasteiger partial charge in [0.05, 0.1) is 11.5 Å². The Kier molecular flexibility index (Phi) is 4.26. The molecule has 0 fully saturated rings. The van der Waals surface area contributed by atoms with Crippen LogP contribution < -0.4 is 5.43 Å². The van der Waals surface area contributed by atoms with Crippen molar-refractivity contribution in [2.45, 2.75) is 13.8 Å². The zero-order chi connectivity index (χ0) is 12.0. The van der Waals surface area contributed by atoms with Gasteiger partial charge < -0.3 is 4.74 Å². The standard InChI is InChI=1S/C10H13N3O3/c1-3-16-8(2)11-12-9-6-4-5-7-10(9)13(14)15/h4-7,12H,3H2,1-2H3/b11-8+. The van der Waals surface area contributed by atoms with Gasteiger partial charge in [0.25, 0.3) is 5.69 Å². The van der Waals surface area contributed by atoms with E-state index in [0.717, 1.165) is 0 Å². The van der Waals surface area contributed by atoms with Crippen LogP contribution in [-0.4, -0.2) is 17.4 Å². The Morgan fingerprint density at radius 3 is 2.88 bits per heavy atom. The molecule has 0 radical (unpaired) electrons.